The van der Waals surface area contributed by atoms with Crippen molar-refractivity contribution >= 4 is 17.7 Å². The molecule has 6 nitrogen and oxygen atoms in total. The molecule has 0 unspecified atom stereocenters. The molecule has 7 heteroatoms. The molecule has 1 N–H and O–H groups in total. The maximum atomic E-state index is 12.5. The van der Waals surface area contributed by atoms with Crippen molar-refractivity contribution in [1.29, 1.82) is 0 Å². The van der Waals surface area contributed by atoms with Crippen molar-refractivity contribution in [2.45, 2.75) is 44.5 Å². The van der Waals surface area contributed by atoms with Gasteiger partial charge in [0.15, 0.2) is 0 Å². The van der Waals surface area contributed by atoms with E-state index in [4.69, 9.17) is 0 Å². The molecule has 2 aromatic rings. The second-order valence-corrected chi connectivity index (χ2v) is 8.42. The number of fused-ring (bicyclic) bond motifs is 1. The molecule has 1 aromatic heterocycles. The number of rotatable bonds is 5. The zero-order valence-electron chi connectivity index (χ0n) is 15.9. The molecule has 1 amide bonds. The monoisotopic (exact) mass is 385 g/mol. The number of aromatic nitrogens is 3. The summed E-state index contributed by atoms with van der Waals surface area (Å²) in [5.74, 6) is 4.30. The SMILES string of the molecule is Cc1ccc(CSCC(=O)N2CCC(c3nnc4n3CCNC4)CC2)cc1. The second kappa shape index (κ2) is 8.44. The van der Waals surface area contributed by atoms with Crippen molar-refractivity contribution in [3.05, 3.63) is 47.0 Å². The number of carbonyl (C=O) groups excluding carboxylic acids is 1. The number of nitrogens with one attached hydrogen (secondary N) is 1. The summed E-state index contributed by atoms with van der Waals surface area (Å²) in [4.78, 5) is 14.6. The van der Waals surface area contributed by atoms with Crippen molar-refractivity contribution in [2.75, 3.05) is 25.4 Å². The Kier molecular flexibility index (Phi) is 5.78. The van der Waals surface area contributed by atoms with E-state index >= 15 is 0 Å². The third kappa shape index (κ3) is 4.35. The Morgan fingerprint density at radius 3 is 2.74 bits per heavy atom. The summed E-state index contributed by atoms with van der Waals surface area (Å²) in [7, 11) is 0. The van der Waals surface area contributed by atoms with Crippen LogP contribution in [0.25, 0.3) is 0 Å². The van der Waals surface area contributed by atoms with Gasteiger partial charge >= 0.3 is 0 Å². The van der Waals surface area contributed by atoms with Crippen LogP contribution in [0.5, 0.6) is 0 Å². The van der Waals surface area contributed by atoms with Gasteiger partial charge in [0, 0.05) is 37.8 Å². The predicted molar refractivity (Wildman–Crippen MR) is 108 cm³/mol. The average molecular weight is 386 g/mol. The number of likely N-dealkylation sites (tertiary alicyclic amines) is 1. The predicted octanol–water partition coefficient (Wildman–Crippen LogP) is 2.33. The molecule has 0 bridgehead atoms. The first-order valence-corrected chi connectivity index (χ1v) is 10.9. The van der Waals surface area contributed by atoms with Gasteiger partial charge in [0.1, 0.15) is 11.6 Å². The number of benzene rings is 1. The second-order valence-electron chi connectivity index (χ2n) is 7.44. The Hall–Kier alpha value is -1.86. The van der Waals surface area contributed by atoms with E-state index in [-0.39, 0.29) is 5.91 Å². The smallest absolute Gasteiger partial charge is 0.232 e. The molecule has 1 fully saturated rings. The third-order valence-corrected chi connectivity index (χ3v) is 6.47. The molecule has 144 valence electrons. The number of thioether (sulfide) groups is 1. The van der Waals surface area contributed by atoms with Gasteiger partial charge in [0.05, 0.1) is 12.3 Å². The molecular formula is C20H27N5OS. The maximum absolute atomic E-state index is 12.5. The van der Waals surface area contributed by atoms with Crippen molar-refractivity contribution in [1.82, 2.24) is 25.0 Å². The third-order valence-electron chi connectivity index (χ3n) is 5.48. The molecule has 0 radical (unpaired) electrons. The first-order chi connectivity index (χ1) is 13.2. The molecule has 1 aromatic carbocycles. The van der Waals surface area contributed by atoms with Gasteiger partial charge in [-0.3, -0.25) is 4.79 Å². The number of nitrogens with zero attached hydrogens (tertiary/aromatic N) is 4. The lowest BCUT2D eigenvalue weighted by molar-refractivity contribution is -0.129. The average Bonchev–Trinajstić information content (AvgIpc) is 3.14. The number of piperidine rings is 1. The van der Waals surface area contributed by atoms with E-state index in [1.54, 1.807) is 11.8 Å². The molecule has 3 heterocycles. The van der Waals surface area contributed by atoms with Crippen LogP contribution < -0.4 is 5.32 Å². The summed E-state index contributed by atoms with van der Waals surface area (Å²) in [5, 5.41) is 12.1. The van der Waals surface area contributed by atoms with Crippen molar-refractivity contribution in [3.8, 4) is 0 Å². The van der Waals surface area contributed by atoms with E-state index in [1.165, 1.54) is 11.1 Å². The van der Waals surface area contributed by atoms with Crippen LogP contribution in [-0.2, 0) is 23.6 Å². The van der Waals surface area contributed by atoms with E-state index in [0.29, 0.717) is 11.7 Å². The van der Waals surface area contributed by atoms with Gasteiger partial charge in [-0.1, -0.05) is 29.8 Å². The van der Waals surface area contributed by atoms with Crippen molar-refractivity contribution in [3.63, 3.8) is 0 Å². The van der Waals surface area contributed by atoms with Gasteiger partial charge < -0.3 is 14.8 Å². The van der Waals surface area contributed by atoms with Crippen LogP contribution in [0.2, 0.25) is 0 Å². The minimum Gasteiger partial charge on any atom is -0.342 e. The van der Waals surface area contributed by atoms with Crippen LogP contribution in [0.4, 0.5) is 0 Å². The van der Waals surface area contributed by atoms with Crippen molar-refractivity contribution in [2.24, 2.45) is 0 Å². The summed E-state index contributed by atoms with van der Waals surface area (Å²) in [6, 6.07) is 8.55. The van der Waals surface area contributed by atoms with Crippen LogP contribution >= 0.6 is 11.8 Å². The molecule has 2 aliphatic heterocycles. The largest absolute Gasteiger partial charge is 0.342 e. The minimum atomic E-state index is 0.262. The number of hydrogen-bond donors (Lipinski definition) is 1. The topological polar surface area (TPSA) is 63.1 Å². The van der Waals surface area contributed by atoms with Crippen molar-refractivity contribution < 1.29 is 4.79 Å². The van der Waals surface area contributed by atoms with Gasteiger partial charge in [0.2, 0.25) is 5.91 Å². The summed E-state index contributed by atoms with van der Waals surface area (Å²) in [5.41, 5.74) is 2.55. The molecule has 0 aliphatic carbocycles. The minimum absolute atomic E-state index is 0.262. The molecule has 4 rings (SSSR count). The van der Waals surface area contributed by atoms with Crippen LogP contribution in [0.3, 0.4) is 0 Å². The van der Waals surface area contributed by atoms with Gasteiger partial charge in [-0.15, -0.1) is 22.0 Å². The highest BCUT2D eigenvalue weighted by Gasteiger charge is 2.28. The summed E-state index contributed by atoms with van der Waals surface area (Å²) in [6.45, 7) is 6.49. The number of hydrogen-bond acceptors (Lipinski definition) is 5. The maximum Gasteiger partial charge on any atom is 0.232 e. The highest BCUT2D eigenvalue weighted by Crippen LogP contribution is 2.28. The van der Waals surface area contributed by atoms with E-state index < -0.39 is 0 Å². The Balaban J connectivity index is 1.24. The van der Waals surface area contributed by atoms with E-state index in [2.05, 4.69) is 51.3 Å². The fourth-order valence-corrected chi connectivity index (χ4v) is 4.72. The summed E-state index contributed by atoms with van der Waals surface area (Å²) < 4.78 is 2.27. The molecular weight excluding hydrogens is 358 g/mol. The molecule has 27 heavy (non-hydrogen) atoms. The Morgan fingerprint density at radius 1 is 1.19 bits per heavy atom. The lowest BCUT2D eigenvalue weighted by Crippen LogP contribution is -2.39. The highest BCUT2D eigenvalue weighted by atomic mass is 32.2. The highest BCUT2D eigenvalue weighted by molar-refractivity contribution is 7.99. The Bertz CT molecular complexity index is 780. The molecule has 0 atom stereocenters. The first-order valence-electron chi connectivity index (χ1n) is 9.74. The van der Waals surface area contributed by atoms with Gasteiger partial charge in [0.25, 0.3) is 0 Å². The number of amides is 1. The van der Waals surface area contributed by atoms with Gasteiger partial charge in [-0.2, -0.15) is 0 Å². The van der Waals surface area contributed by atoms with Crippen LogP contribution in [0.15, 0.2) is 24.3 Å². The zero-order chi connectivity index (χ0) is 18.6. The standard InChI is InChI=1S/C20H27N5OS/c1-15-2-4-16(5-3-15)13-27-14-19(26)24-9-6-17(7-10-24)20-23-22-18-12-21-8-11-25(18)20/h2-5,17,21H,6-14H2,1H3. The molecule has 0 saturated carbocycles. The van der Waals surface area contributed by atoms with Crippen LogP contribution in [0, 0.1) is 6.92 Å². The number of carbonyl (C=O) groups is 1. The fraction of sp³-hybridized carbons (Fsp3) is 0.550. The quantitative estimate of drug-likeness (QED) is 0.856. The lowest BCUT2D eigenvalue weighted by Gasteiger charge is -2.32. The fourth-order valence-electron chi connectivity index (χ4n) is 3.84. The summed E-state index contributed by atoms with van der Waals surface area (Å²) >= 11 is 1.71. The lowest BCUT2D eigenvalue weighted by atomic mass is 9.95. The first kappa shape index (κ1) is 18.5. The van der Waals surface area contributed by atoms with Gasteiger partial charge in [-0.25, -0.2) is 0 Å². The van der Waals surface area contributed by atoms with E-state index in [0.717, 1.165) is 63.0 Å². The molecule has 1 saturated heterocycles. The summed E-state index contributed by atoms with van der Waals surface area (Å²) in [6.07, 6.45) is 1.97. The Labute approximate surface area is 164 Å². The Morgan fingerprint density at radius 2 is 1.96 bits per heavy atom. The van der Waals surface area contributed by atoms with Gasteiger partial charge in [-0.05, 0) is 25.3 Å². The molecule has 0 spiro atoms. The normalized spacial score (nSPS) is 17.7. The van der Waals surface area contributed by atoms with Crippen LogP contribution in [-0.4, -0.2) is 51.0 Å². The number of aryl methyl sites for hydroxylation is 1. The molecule has 2 aliphatic rings. The van der Waals surface area contributed by atoms with Crippen LogP contribution in [0.1, 0.15) is 41.5 Å². The van der Waals surface area contributed by atoms with E-state index in [9.17, 15) is 4.79 Å². The zero-order valence-corrected chi connectivity index (χ0v) is 16.7. The van der Waals surface area contributed by atoms with E-state index in [1.807, 2.05) is 4.90 Å².